The van der Waals surface area contributed by atoms with Gasteiger partial charge in [-0.05, 0) is 50.1 Å². The first-order chi connectivity index (χ1) is 11.3. The largest absolute Gasteiger partial charge is 0.351 e. The van der Waals surface area contributed by atoms with E-state index in [-0.39, 0.29) is 6.54 Å². The van der Waals surface area contributed by atoms with Crippen LogP contribution < -0.4 is 5.32 Å². The van der Waals surface area contributed by atoms with E-state index in [2.05, 4.69) is 27.0 Å². The van der Waals surface area contributed by atoms with Crippen molar-refractivity contribution in [2.45, 2.75) is 26.4 Å². The van der Waals surface area contributed by atoms with Gasteiger partial charge < -0.3 is 5.32 Å². The van der Waals surface area contributed by atoms with Gasteiger partial charge in [0.2, 0.25) is 5.95 Å². The van der Waals surface area contributed by atoms with E-state index in [1.807, 2.05) is 31.3 Å². The molecule has 0 aromatic carbocycles. The molecule has 0 aliphatic rings. The lowest BCUT2D eigenvalue weighted by Gasteiger charge is -2.16. The molecule has 0 atom stereocenters. The number of fused-ring (bicyclic) bond motifs is 1. The van der Waals surface area contributed by atoms with Crippen LogP contribution in [0.3, 0.4) is 0 Å². The lowest BCUT2D eigenvalue weighted by molar-refractivity contribution is 0.234. The summed E-state index contributed by atoms with van der Waals surface area (Å²) in [6.45, 7) is 9.24. The second kappa shape index (κ2) is 6.03. The first-order valence-corrected chi connectivity index (χ1v) is 7.73. The Morgan fingerprint density at radius 2 is 2.17 bits per heavy atom. The lowest BCUT2D eigenvalue weighted by atomic mass is 10.0. The Hall–Kier alpha value is -2.76. The van der Waals surface area contributed by atoms with E-state index >= 15 is 0 Å². The second-order valence-corrected chi connectivity index (χ2v) is 6.36. The third-order valence-electron chi connectivity index (χ3n) is 3.72. The summed E-state index contributed by atoms with van der Waals surface area (Å²) in [4.78, 5) is 8.68. The summed E-state index contributed by atoms with van der Waals surface area (Å²) >= 11 is 0. The van der Waals surface area contributed by atoms with Crippen molar-refractivity contribution in [3.63, 3.8) is 0 Å². The smallest absolute Gasteiger partial charge is 0.222 e. The van der Waals surface area contributed by atoms with E-state index in [0.29, 0.717) is 5.95 Å². The molecule has 3 rings (SSSR count). The van der Waals surface area contributed by atoms with Crippen LogP contribution in [0.15, 0.2) is 43.4 Å². The van der Waals surface area contributed by atoms with Crippen molar-refractivity contribution in [2.24, 2.45) is 0 Å². The Labute approximate surface area is 140 Å². The second-order valence-electron chi connectivity index (χ2n) is 6.36. The number of aryl methyl sites for hydroxylation is 1. The Kier molecular flexibility index (Phi) is 4.05. The molecule has 24 heavy (non-hydrogen) atoms. The maximum Gasteiger partial charge on any atom is 0.222 e. The van der Waals surface area contributed by atoms with Crippen molar-refractivity contribution in [3.8, 4) is 0 Å². The molecule has 0 unspecified atom stereocenters. The molecule has 0 bridgehead atoms. The summed E-state index contributed by atoms with van der Waals surface area (Å²) in [5.41, 5.74) is 3.16. The monoisotopic (exact) mass is 325 g/mol. The predicted octanol–water partition coefficient (Wildman–Crippen LogP) is 3.65. The Morgan fingerprint density at radius 1 is 1.38 bits per heavy atom. The lowest BCUT2D eigenvalue weighted by Crippen LogP contribution is -2.25. The zero-order valence-electron chi connectivity index (χ0n) is 14.0. The maximum absolute atomic E-state index is 13.6. The molecular weight excluding hydrogens is 305 g/mol. The molecule has 0 saturated heterocycles. The minimum Gasteiger partial charge on any atom is -0.351 e. The molecule has 0 amide bonds. The van der Waals surface area contributed by atoms with Gasteiger partial charge in [0.05, 0.1) is 17.8 Å². The molecule has 0 spiro atoms. The summed E-state index contributed by atoms with van der Waals surface area (Å²) in [7, 11) is 0. The number of hydrogen-bond donors (Lipinski definition) is 1. The number of aromatic nitrogens is 4. The Bertz CT molecular complexity index is 892. The molecule has 0 saturated carbocycles. The molecule has 0 aliphatic carbocycles. The molecule has 124 valence electrons. The van der Waals surface area contributed by atoms with Gasteiger partial charge in [0.15, 0.2) is 0 Å². The fourth-order valence-corrected chi connectivity index (χ4v) is 2.40. The van der Waals surface area contributed by atoms with E-state index in [4.69, 9.17) is 0 Å². The number of nitrogens with zero attached hydrogens (tertiary/aromatic N) is 4. The van der Waals surface area contributed by atoms with Crippen LogP contribution >= 0.6 is 0 Å². The SMILES string of the molecule is C=C(c1ccn2nccc2c1)c1cnc(NCC(C)(C)F)nc1C. The fourth-order valence-electron chi connectivity index (χ4n) is 2.40. The number of halogens is 1. The molecule has 1 N–H and O–H groups in total. The highest BCUT2D eigenvalue weighted by molar-refractivity contribution is 5.80. The van der Waals surface area contributed by atoms with Gasteiger partial charge in [0.25, 0.3) is 0 Å². The Morgan fingerprint density at radius 3 is 2.88 bits per heavy atom. The van der Waals surface area contributed by atoms with E-state index in [1.165, 1.54) is 13.8 Å². The van der Waals surface area contributed by atoms with Crippen LogP contribution in [0.4, 0.5) is 10.3 Å². The van der Waals surface area contributed by atoms with Gasteiger partial charge in [-0.1, -0.05) is 6.58 Å². The van der Waals surface area contributed by atoms with Crippen molar-refractivity contribution in [1.82, 2.24) is 19.6 Å². The predicted molar refractivity (Wildman–Crippen MR) is 93.8 cm³/mol. The summed E-state index contributed by atoms with van der Waals surface area (Å²) in [6.07, 6.45) is 5.37. The zero-order valence-corrected chi connectivity index (χ0v) is 14.0. The van der Waals surface area contributed by atoms with Crippen molar-refractivity contribution in [2.75, 3.05) is 11.9 Å². The standard InChI is InChI=1S/C18H20FN5/c1-12(14-6-8-24-15(9-14)5-7-22-24)16-10-20-17(23-13(16)2)21-11-18(3,4)19/h5-10H,1,11H2,2-4H3,(H,20,21,23). The van der Waals surface area contributed by atoms with Crippen LogP contribution in [0, 0.1) is 6.92 Å². The molecule has 5 nitrogen and oxygen atoms in total. The first-order valence-electron chi connectivity index (χ1n) is 7.73. The van der Waals surface area contributed by atoms with E-state index < -0.39 is 5.67 Å². The van der Waals surface area contributed by atoms with Crippen molar-refractivity contribution in [3.05, 3.63) is 60.2 Å². The average Bonchev–Trinajstić information content (AvgIpc) is 2.99. The quantitative estimate of drug-likeness (QED) is 0.778. The van der Waals surface area contributed by atoms with Gasteiger partial charge in [-0.25, -0.2) is 18.9 Å². The normalized spacial score (nSPS) is 11.7. The summed E-state index contributed by atoms with van der Waals surface area (Å²) in [5, 5.41) is 7.10. The number of alkyl halides is 1. The van der Waals surface area contributed by atoms with Crippen LogP contribution in [-0.4, -0.2) is 31.8 Å². The molecule has 0 radical (unpaired) electrons. The van der Waals surface area contributed by atoms with Gasteiger partial charge in [0, 0.05) is 24.2 Å². The number of rotatable bonds is 5. The number of anilines is 1. The fraction of sp³-hybridized carbons (Fsp3) is 0.278. The topological polar surface area (TPSA) is 55.1 Å². The van der Waals surface area contributed by atoms with Crippen LogP contribution in [-0.2, 0) is 0 Å². The maximum atomic E-state index is 13.6. The van der Waals surface area contributed by atoms with E-state index in [0.717, 1.165) is 27.9 Å². The van der Waals surface area contributed by atoms with Crippen LogP contribution in [0.25, 0.3) is 11.1 Å². The number of nitrogens with one attached hydrogen (secondary N) is 1. The van der Waals surface area contributed by atoms with Crippen molar-refractivity contribution < 1.29 is 4.39 Å². The molecule has 3 aromatic heterocycles. The average molecular weight is 325 g/mol. The van der Waals surface area contributed by atoms with E-state index in [9.17, 15) is 4.39 Å². The molecule has 0 aliphatic heterocycles. The Balaban J connectivity index is 1.84. The number of pyridine rings is 1. The highest BCUT2D eigenvalue weighted by Crippen LogP contribution is 2.24. The third-order valence-corrected chi connectivity index (χ3v) is 3.72. The first kappa shape index (κ1) is 16.1. The molecule has 0 fully saturated rings. The van der Waals surface area contributed by atoms with Crippen molar-refractivity contribution in [1.29, 1.82) is 0 Å². The van der Waals surface area contributed by atoms with Gasteiger partial charge in [0.1, 0.15) is 5.67 Å². The third kappa shape index (κ3) is 3.42. The molecular formula is C18H20FN5. The molecule has 3 aromatic rings. The van der Waals surface area contributed by atoms with Crippen LogP contribution in [0.1, 0.15) is 30.7 Å². The van der Waals surface area contributed by atoms with Gasteiger partial charge in [-0.15, -0.1) is 0 Å². The van der Waals surface area contributed by atoms with Crippen LogP contribution in [0.5, 0.6) is 0 Å². The summed E-state index contributed by atoms with van der Waals surface area (Å²) in [5.74, 6) is 0.418. The molecule has 3 heterocycles. The minimum atomic E-state index is -1.32. The highest BCUT2D eigenvalue weighted by Gasteiger charge is 2.16. The highest BCUT2D eigenvalue weighted by atomic mass is 19.1. The van der Waals surface area contributed by atoms with Gasteiger partial charge in [-0.3, -0.25) is 0 Å². The van der Waals surface area contributed by atoms with Crippen LogP contribution in [0.2, 0.25) is 0 Å². The summed E-state index contributed by atoms with van der Waals surface area (Å²) < 4.78 is 15.4. The number of hydrogen-bond acceptors (Lipinski definition) is 4. The van der Waals surface area contributed by atoms with Gasteiger partial charge in [-0.2, -0.15) is 5.10 Å². The molecule has 6 heteroatoms. The van der Waals surface area contributed by atoms with Crippen molar-refractivity contribution >= 4 is 17.0 Å². The van der Waals surface area contributed by atoms with E-state index in [1.54, 1.807) is 16.9 Å². The summed E-state index contributed by atoms with van der Waals surface area (Å²) in [6, 6.07) is 5.91. The minimum absolute atomic E-state index is 0.157. The van der Waals surface area contributed by atoms with Gasteiger partial charge >= 0.3 is 0 Å². The zero-order chi connectivity index (χ0) is 17.3.